The van der Waals surface area contributed by atoms with E-state index >= 15 is 0 Å². The Balaban J connectivity index is 3.03. The maximum atomic E-state index is 10.6. The number of benzene rings is 1. The van der Waals surface area contributed by atoms with Gasteiger partial charge in [-0.1, -0.05) is 23.8 Å². The quantitative estimate of drug-likeness (QED) is 0.683. The van der Waals surface area contributed by atoms with Crippen molar-refractivity contribution in [1.82, 2.24) is 0 Å². The normalized spacial score (nSPS) is 9.83. The van der Waals surface area contributed by atoms with Gasteiger partial charge in [0.1, 0.15) is 6.29 Å². The number of nitrogens with two attached hydrogens (primary N) is 1. The summed E-state index contributed by atoms with van der Waals surface area (Å²) in [5.74, 6) is 0. The van der Waals surface area contributed by atoms with Crippen molar-refractivity contribution < 1.29 is 4.79 Å². The standard InChI is InChI=1S/C10H13NO/c1-8-2-3-10(7-12)9(6-8)4-5-11/h2-3,6-7H,4-5,11H2,1H3. The summed E-state index contributed by atoms with van der Waals surface area (Å²) in [5, 5.41) is 0. The molecule has 0 radical (unpaired) electrons. The van der Waals surface area contributed by atoms with Crippen LogP contribution in [0.5, 0.6) is 0 Å². The van der Waals surface area contributed by atoms with E-state index in [9.17, 15) is 4.79 Å². The lowest BCUT2D eigenvalue weighted by Crippen LogP contribution is -2.05. The van der Waals surface area contributed by atoms with Crippen molar-refractivity contribution in [3.63, 3.8) is 0 Å². The summed E-state index contributed by atoms with van der Waals surface area (Å²) in [7, 11) is 0. The van der Waals surface area contributed by atoms with Crippen LogP contribution in [0.2, 0.25) is 0 Å². The molecule has 0 heterocycles. The van der Waals surface area contributed by atoms with Crippen molar-refractivity contribution in [1.29, 1.82) is 0 Å². The highest BCUT2D eigenvalue weighted by atomic mass is 16.1. The fourth-order valence-electron chi connectivity index (χ4n) is 1.22. The summed E-state index contributed by atoms with van der Waals surface area (Å²) in [4.78, 5) is 10.6. The van der Waals surface area contributed by atoms with Gasteiger partial charge >= 0.3 is 0 Å². The summed E-state index contributed by atoms with van der Waals surface area (Å²) < 4.78 is 0. The van der Waals surface area contributed by atoms with E-state index in [0.717, 1.165) is 23.8 Å². The minimum atomic E-state index is 0.588. The van der Waals surface area contributed by atoms with E-state index in [0.29, 0.717) is 6.54 Å². The van der Waals surface area contributed by atoms with Gasteiger partial charge in [0, 0.05) is 5.56 Å². The smallest absolute Gasteiger partial charge is 0.150 e. The molecule has 0 unspecified atom stereocenters. The van der Waals surface area contributed by atoms with Gasteiger partial charge in [-0.05, 0) is 25.5 Å². The van der Waals surface area contributed by atoms with Crippen LogP contribution in [-0.4, -0.2) is 12.8 Å². The summed E-state index contributed by atoms with van der Waals surface area (Å²) in [6.45, 7) is 2.60. The molecule has 2 nitrogen and oxygen atoms in total. The summed E-state index contributed by atoms with van der Waals surface area (Å²) in [6.07, 6.45) is 1.65. The minimum absolute atomic E-state index is 0.588. The molecule has 0 aliphatic carbocycles. The first-order valence-corrected chi connectivity index (χ1v) is 4.02. The fourth-order valence-corrected chi connectivity index (χ4v) is 1.22. The Hall–Kier alpha value is -1.15. The fraction of sp³-hybridized carbons (Fsp3) is 0.300. The van der Waals surface area contributed by atoms with Crippen LogP contribution in [0.15, 0.2) is 18.2 Å². The molecule has 2 heteroatoms. The van der Waals surface area contributed by atoms with Crippen molar-refractivity contribution in [3.8, 4) is 0 Å². The first-order chi connectivity index (χ1) is 5.77. The summed E-state index contributed by atoms with van der Waals surface area (Å²) >= 11 is 0. The van der Waals surface area contributed by atoms with Crippen LogP contribution < -0.4 is 5.73 Å². The highest BCUT2D eigenvalue weighted by Crippen LogP contribution is 2.09. The van der Waals surface area contributed by atoms with Crippen molar-refractivity contribution in [3.05, 3.63) is 34.9 Å². The molecule has 1 rings (SSSR count). The van der Waals surface area contributed by atoms with Gasteiger partial charge in [-0.2, -0.15) is 0 Å². The van der Waals surface area contributed by atoms with E-state index < -0.39 is 0 Å². The minimum Gasteiger partial charge on any atom is -0.330 e. The number of carbonyl (C=O) groups excluding carboxylic acids is 1. The Kier molecular flexibility index (Phi) is 3.00. The van der Waals surface area contributed by atoms with E-state index in [1.54, 1.807) is 0 Å². The molecule has 0 atom stereocenters. The van der Waals surface area contributed by atoms with Gasteiger partial charge in [-0.3, -0.25) is 4.79 Å². The first-order valence-electron chi connectivity index (χ1n) is 4.02. The van der Waals surface area contributed by atoms with Gasteiger partial charge in [0.15, 0.2) is 0 Å². The molecule has 0 fully saturated rings. The van der Waals surface area contributed by atoms with Crippen LogP contribution in [0.3, 0.4) is 0 Å². The van der Waals surface area contributed by atoms with Crippen molar-refractivity contribution >= 4 is 6.29 Å². The van der Waals surface area contributed by atoms with Crippen molar-refractivity contribution in [2.75, 3.05) is 6.54 Å². The average Bonchev–Trinajstić information content (AvgIpc) is 2.05. The van der Waals surface area contributed by atoms with Crippen LogP contribution in [0.25, 0.3) is 0 Å². The molecular weight excluding hydrogens is 150 g/mol. The van der Waals surface area contributed by atoms with Crippen LogP contribution in [-0.2, 0) is 6.42 Å². The third kappa shape index (κ3) is 1.92. The first kappa shape index (κ1) is 8.94. The molecule has 64 valence electrons. The number of aldehydes is 1. The third-order valence-corrected chi connectivity index (χ3v) is 1.84. The maximum absolute atomic E-state index is 10.6. The monoisotopic (exact) mass is 163 g/mol. The second kappa shape index (κ2) is 4.02. The van der Waals surface area contributed by atoms with Gasteiger partial charge < -0.3 is 5.73 Å². The molecule has 0 aliphatic heterocycles. The summed E-state index contributed by atoms with van der Waals surface area (Å²) in [6, 6.07) is 5.79. The molecule has 1 aromatic carbocycles. The van der Waals surface area contributed by atoms with Gasteiger partial charge in [0.25, 0.3) is 0 Å². The molecule has 2 N–H and O–H groups in total. The van der Waals surface area contributed by atoms with Crippen LogP contribution in [0.1, 0.15) is 21.5 Å². The highest BCUT2D eigenvalue weighted by Gasteiger charge is 1.99. The molecule has 0 saturated heterocycles. The zero-order valence-corrected chi connectivity index (χ0v) is 7.21. The van der Waals surface area contributed by atoms with E-state index in [-0.39, 0.29) is 0 Å². The number of rotatable bonds is 3. The molecule has 0 saturated carbocycles. The molecular formula is C10H13NO. The molecule has 0 amide bonds. The van der Waals surface area contributed by atoms with Gasteiger partial charge in [-0.15, -0.1) is 0 Å². The molecule has 0 bridgehead atoms. The predicted molar refractivity (Wildman–Crippen MR) is 49.3 cm³/mol. The largest absolute Gasteiger partial charge is 0.330 e. The topological polar surface area (TPSA) is 43.1 Å². The Bertz CT molecular complexity index is 281. The van der Waals surface area contributed by atoms with Crippen LogP contribution in [0.4, 0.5) is 0 Å². The van der Waals surface area contributed by atoms with Gasteiger partial charge in [-0.25, -0.2) is 0 Å². The molecule has 0 spiro atoms. The van der Waals surface area contributed by atoms with Crippen LogP contribution in [0, 0.1) is 6.92 Å². The van der Waals surface area contributed by atoms with Gasteiger partial charge in [0.2, 0.25) is 0 Å². The predicted octanol–water partition coefficient (Wildman–Crippen LogP) is 1.31. The van der Waals surface area contributed by atoms with Crippen molar-refractivity contribution in [2.45, 2.75) is 13.3 Å². The SMILES string of the molecule is Cc1ccc(C=O)c(CCN)c1. The molecule has 1 aromatic rings. The van der Waals surface area contributed by atoms with E-state index in [1.165, 1.54) is 5.56 Å². The van der Waals surface area contributed by atoms with E-state index in [1.807, 2.05) is 25.1 Å². The number of carbonyl (C=O) groups is 1. The second-order valence-corrected chi connectivity index (χ2v) is 2.86. The molecule has 0 aromatic heterocycles. The van der Waals surface area contributed by atoms with Crippen molar-refractivity contribution in [2.24, 2.45) is 5.73 Å². The maximum Gasteiger partial charge on any atom is 0.150 e. The Morgan fingerprint density at radius 2 is 2.25 bits per heavy atom. The highest BCUT2D eigenvalue weighted by molar-refractivity contribution is 5.77. The Morgan fingerprint density at radius 3 is 2.83 bits per heavy atom. The lowest BCUT2D eigenvalue weighted by atomic mass is 10.0. The zero-order valence-electron chi connectivity index (χ0n) is 7.21. The number of aryl methyl sites for hydroxylation is 1. The Morgan fingerprint density at radius 1 is 1.50 bits per heavy atom. The van der Waals surface area contributed by atoms with E-state index in [4.69, 9.17) is 5.73 Å². The third-order valence-electron chi connectivity index (χ3n) is 1.84. The zero-order chi connectivity index (χ0) is 8.97. The Labute approximate surface area is 72.4 Å². The van der Waals surface area contributed by atoms with Crippen LogP contribution >= 0.6 is 0 Å². The lowest BCUT2D eigenvalue weighted by Gasteiger charge is -2.03. The molecule has 0 aliphatic rings. The average molecular weight is 163 g/mol. The second-order valence-electron chi connectivity index (χ2n) is 2.86. The number of hydrogen-bond acceptors (Lipinski definition) is 2. The van der Waals surface area contributed by atoms with Gasteiger partial charge in [0.05, 0.1) is 0 Å². The summed E-state index contributed by atoms with van der Waals surface area (Å²) in [5.41, 5.74) is 8.39. The lowest BCUT2D eigenvalue weighted by molar-refractivity contribution is 0.112. The molecule has 12 heavy (non-hydrogen) atoms. The van der Waals surface area contributed by atoms with E-state index in [2.05, 4.69) is 0 Å². The number of hydrogen-bond donors (Lipinski definition) is 1.